The number of hydrogen-bond donors (Lipinski definition) is 6. The maximum atomic E-state index is 13.2. The highest BCUT2D eigenvalue weighted by molar-refractivity contribution is 7.80. The van der Waals surface area contributed by atoms with Crippen LogP contribution in [0.5, 0.6) is 0 Å². The van der Waals surface area contributed by atoms with Gasteiger partial charge in [-0.2, -0.15) is 12.6 Å². The molecule has 0 unspecified atom stereocenters. The van der Waals surface area contributed by atoms with Gasteiger partial charge >= 0.3 is 18.0 Å². The number of ether oxygens (including phenoxy) is 2. The van der Waals surface area contributed by atoms with Gasteiger partial charge in [0.25, 0.3) is 0 Å². The van der Waals surface area contributed by atoms with Crippen molar-refractivity contribution in [2.75, 3.05) is 26.0 Å². The fourth-order valence-electron chi connectivity index (χ4n) is 3.90. The van der Waals surface area contributed by atoms with Crippen molar-refractivity contribution in [1.82, 2.24) is 21.3 Å². The largest absolute Gasteiger partial charge is 0.481 e. The van der Waals surface area contributed by atoms with Crippen LogP contribution in [-0.2, 0) is 35.1 Å². The van der Waals surface area contributed by atoms with Crippen molar-refractivity contribution in [2.45, 2.75) is 71.5 Å². The molecule has 0 bridgehead atoms. The van der Waals surface area contributed by atoms with Gasteiger partial charge in [0.2, 0.25) is 17.7 Å². The molecule has 14 heteroatoms. The Kier molecular flexibility index (Phi) is 16.8. The van der Waals surface area contributed by atoms with Gasteiger partial charge in [-0.15, -0.1) is 0 Å². The number of alkyl carbamates (subject to hydrolysis) is 1. The normalized spacial score (nSPS) is 12.9. The van der Waals surface area contributed by atoms with E-state index in [2.05, 4.69) is 33.9 Å². The standard InChI is InChI=1S/C29H44N4O9S/c1-17(2)14-22(31-26(37)21(10-11-24(34)35)33-29(40)42-15-18(3)4)27(38)32-23(16-43)25(36)30-13-12-19-8-6-7-9-20(19)28(39)41-5/h6-9,17-18,21-23,43H,10-16H2,1-5H3,(H,30,36)(H,31,37)(H,32,38)(H,33,40)(H,34,35)/t21-,22-,23-/m0/s1. The molecule has 1 aromatic carbocycles. The Morgan fingerprint density at radius 1 is 0.860 bits per heavy atom. The van der Waals surface area contributed by atoms with Crippen LogP contribution < -0.4 is 21.3 Å². The summed E-state index contributed by atoms with van der Waals surface area (Å²) in [6.45, 7) is 7.61. The van der Waals surface area contributed by atoms with Gasteiger partial charge in [0.15, 0.2) is 0 Å². The Balaban J connectivity index is 2.90. The number of benzene rings is 1. The van der Waals surface area contributed by atoms with E-state index >= 15 is 0 Å². The highest BCUT2D eigenvalue weighted by atomic mass is 32.1. The molecule has 0 aliphatic carbocycles. The van der Waals surface area contributed by atoms with Crippen molar-refractivity contribution in [2.24, 2.45) is 11.8 Å². The summed E-state index contributed by atoms with van der Waals surface area (Å²) in [6.07, 6.45) is -0.984. The molecule has 4 amide bonds. The van der Waals surface area contributed by atoms with Gasteiger partial charge in [-0.25, -0.2) is 9.59 Å². The van der Waals surface area contributed by atoms with Gasteiger partial charge in [-0.3, -0.25) is 19.2 Å². The Hall–Kier alpha value is -3.81. The summed E-state index contributed by atoms with van der Waals surface area (Å²) in [6, 6.07) is 3.45. The number of aliphatic carboxylic acids is 1. The molecule has 240 valence electrons. The molecule has 1 aromatic rings. The van der Waals surface area contributed by atoms with Crippen molar-refractivity contribution in [3.05, 3.63) is 35.4 Å². The van der Waals surface area contributed by atoms with Gasteiger partial charge in [0, 0.05) is 18.7 Å². The predicted molar refractivity (Wildman–Crippen MR) is 162 cm³/mol. The molecular weight excluding hydrogens is 580 g/mol. The fourth-order valence-corrected chi connectivity index (χ4v) is 4.15. The predicted octanol–water partition coefficient (Wildman–Crippen LogP) is 1.69. The molecule has 0 aliphatic heterocycles. The van der Waals surface area contributed by atoms with Gasteiger partial charge in [0.05, 0.1) is 19.3 Å². The zero-order valence-corrected chi connectivity index (χ0v) is 26.2. The number of carbonyl (C=O) groups is 6. The third-order valence-corrected chi connectivity index (χ3v) is 6.44. The summed E-state index contributed by atoms with van der Waals surface area (Å²) >= 11 is 4.20. The first-order chi connectivity index (χ1) is 20.3. The van der Waals surface area contributed by atoms with E-state index in [1.807, 2.05) is 27.7 Å². The zero-order valence-electron chi connectivity index (χ0n) is 25.3. The maximum Gasteiger partial charge on any atom is 0.407 e. The first-order valence-electron chi connectivity index (χ1n) is 14.1. The highest BCUT2D eigenvalue weighted by Crippen LogP contribution is 2.11. The average Bonchev–Trinajstić information content (AvgIpc) is 2.95. The molecule has 0 spiro atoms. The van der Waals surface area contributed by atoms with Gasteiger partial charge in [0.1, 0.15) is 18.1 Å². The summed E-state index contributed by atoms with van der Waals surface area (Å²) in [5.41, 5.74) is 1.06. The number of hydrogen-bond acceptors (Lipinski definition) is 9. The van der Waals surface area contributed by atoms with Crippen LogP contribution in [-0.4, -0.2) is 85.0 Å². The molecule has 13 nitrogen and oxygen atoms in total. The van der Waals surface area contributed by atoms with Gasteiger partial charge in [-0.05, 0) is 42.7 Å². The number of esters is 1. The van der Waals surface area contributed by atoms with Gasteiger partial charge < -0.3 is 35.8 Å². The molecule has 0 saturated carbocycles. The molecule has 0 heterocycles. The lowest BCUT2D eigenvalue weighted by Gasteiger charge is -2.25. The average molecular weight is 625 g/mol. The second-order valence-electron chi connectivity index (χ2n) is 10.7. The third-order valence-electron chi connectivity index (χ3n) is 6.08. The topological polar surface area (TPSA) is 189 Å². The van der Waals surface area contributed by atoms with E-state index in [0.717, 1.165) is 0 Å². The third kappa shape index (κ3) is 14.3. The minimum atomic E-state index is -1.27. The first kappa shape index (κ1) is 37.2. The maximum absolute atomic E-state index is 13.2. The van der Waals surface area contributed by atoms with E-state index in [0.29, 0.717) is 17.5 Å². The summed E-state index contributed by atoms with van der Waals surface area (Å²) in [4.78, 5) is 74.5. The molecule has 1 rings (SSSR count). The summed E-state index contributed by atoms with van der Waals surface area (Å²) in [5.74, 6) is -3.62. The molecular formula is C29H44N4O9S. The Morgan fingerprint density at radius 3 is 2.07 bits per heavy atom. The lowest BCUT2D eigenvalue weighted by molar-refractivity contribution is -0.137. The molecule has 5 N–H and O–H groups in total. The molecule has 0 fully saturated rings. The number of carbonyl (C=O) groups excluding carboxylic acids is 5. The van der Waals surface area contributed by atoms with Crippen molar-refractivity contribution in [1.29, 1.82) is 0 Å². The number of carboxylic acid groups (broad SMARTS) is 1. The van der Waals surface area contributed by atoms with Crippen molar-refractivity contribution in [3.63, 3.8) is 0 Å². The van der Waals surface area contributed by atoms with Crippen LogP contribution in [0, 0.1) is 11.8 Å². The monoisotopic (exact) mass is 624 g/mol. The SMILES string of the molecule is COC(=O)c1ccccc1CCNC(=O)[C@H](CS)NC(=O)[C@H](CC(C)C)NC(=O)[C@H](CCC(=O)O)NC(=O)OCC(C)C. The first-order valence-corrected chi connectivity index (χ1v) is 14.7. The Labute approximate surface area is 257 Å². The quantitative estimate of drug-likeness (QED) is 0.104. The minimum absolute atomic E-state index is 0.0385. The van der Waals surface area contributed by atoms with Crippen LogP contribution in [0.4, 0.5) is 4.79 Å². The lowest BCUT2D eigenvalue weighted by atomic mass is 10.0. The number of rotatable bonds is 18. The summed E-state index contributed by atoms with van der Waals surface area (Å²) in [7, 11) is 1.28. The summed E-state index contributed by atoms with van der Waals surface area (Å²) < 4.78 is 9.84. The van der Waals surface area contributed by atoms with Crippen molar-refractivity contribution in [3.8, 4) is 0 Å². The summed E-state index contributed by atoms with van der Waals surface area (Å²) in [5, 5.41) is 19.4. The fraction of sp³-hybridized carbons (Fsp3) is 0.586. The molecule has 3 atom stereocenters. The van der Waals surface area contributed by atoms with Crippen molar-refractivity contribution >= 4 is 48.4 Å². The van der Waals surface area contributed by atoms with Crippen LogP contribution in [0.1, 0.15) is 62.9 Å². The number of nitrogens with one attached hydrogen (secondary N) is 4. The van der Waals surface area contributed by atoms with E-state index in [-0.39, 0.29) is 43.6 Å². The zero-order chi connectivity index (χ0) is 32.5. The van der Waals surface area contributed by atoms with Crippen LogP contribution >= 0.6 is 12.6 Å². The number of thiol groups is 1. The second-order valence-corrected chi connectivity index (χ2v) is 11.1. The van der Waals surface area contributed by atoms with E-state index in [9.17, 15) is 28.8 Å². The van der Waals surface area contributed by atoms with E-state index in [1.54, 1.807) is 24.3 Å². The van der Waals surface area contributed by atoms with Crippen LogP contribution in [0.25, 0.3) is 0 Å². The van der Waals surface area contributed by atoms with Crippen molar-refractivity contribution < 1.29 is 43.3 Å². The Bertz CT molecular complexity index is 1110. The molecule has 0 saturated heterocycles. The number of amides is 4. The smallest absolute Gasteiger partial charge is 0.407 e. The van der Waals surface area contributed by atoms with E-state index in [4.69, 9.17) is 14.6 Å². The molecule has 43 heavy (non-hydrogen) atoms. The lowest BCUT2D eigenvalue weighted by Crippen LogP contribution is -2.57. The Morgan fingerprint density at radius 2 is 1.49 bits per heavy atom. The second kappa shape index (κ2) is 19.4. The molecule has 0 aliphatic rings. The van der Waals surface area contributed by atoms with Crippen LogP contribution in [0.15, 0.2) is 24.3 Å². The molecule has 0 radical (unpaired) electrons. The van der Waals surface area contributed by atoms with Crippen LogP contribution in [0.3, 0.4) is 0 Å². The van der Waals surface area contributed by atoms with Crippen LogP contribution in [0.2, 0.25) is 0 Å². The number of carboxylic acids is 1. The highest BCUT2D eigenvalue weighted by Gasteiger charge is 2.30. The molecule has 0 aromatic heterocycles. The van der Waals surface area contributed by atoms with E-state index < -0.39 is 60.3 Å². The van der Waals surface area contributed by atoms with E-state index in [1.165, 1.54) is 7.11 Å². The minimum Gasteiger partial charge on any atom is -0.481 e. The number of methoxy groups -OCH3 is 1. The van der Waals surface area contributed by atoms with Gasteiger partial charge in [-0.1, -0.05) is 45.9 Å².